The topological polar surface area (TPSA) is 63.3 Å². The molecule has 0 fully saturated rings. The summed E-state index contributed by atoms with van der Waals surface area (Å²) >= 11 is 0. The Hall–Kier alpha value is -2.57. The van der Waals surface area contributed by atoms with Crippen molar-refractivity contribution < 1.29 is 13.2 Å². The van der Waals surface area contributed by atoms with Crippen LogP contribution in [0, 0.1) is 0 Å². The average molecular weight is 334 g/mol. The summed E-state index contributed by atoms with van der Waals surface area (Å²) in [4.78, 5) is 7.61. The van der Waals surface area contributed by atoms with Gasteiger partial charge in [-0.2, -0.15) is 13.2 Å². The van der Waals surface area contributed by atoms with Crippen molar-refractivity contribution in [2.75, 3.05) is 5.32 Å². The first-order chi connectivity index (χ1) is 11.4. The molecule has 0 atom stereocenters. The van der Waals surface area contributed by atoms with Crippen molar-refractivity contribution in [1.82, 2.24) is 4.98 Å². The zero-order chi connectivity index (χ0) is 17.2. The van der Waals surface area contributed by atoms with Gasteiger partial charge in [0.2, 0.25) is 0 Å². The molecule has 0 saturated carbocycles. The summed E-state index contributed by atoms with van der Waals surface area (Å²) < 4.78 is 37.9. The number of guanidine groups is 1. The largest absolute Gasteiger partial charge is 0.433 e. The monoisotopic (exact) mass is 334 g/mol. The highest BCUT2D eigenvalue weighted by Gasteiger charge is 2.32. The maximum atomic E-state index is 12.6. The van der Waals surface area contributed by atoms with Crippen LogP contribution in [0.5, 0.6) is 0 Å². The zero-order valence-corrected chi connectivity index (χ0v) is 12.9. The third-order valence-electron chi connectivity index (χ3n) is 3.88. The number of aromatic nitrogens is 1. The van der Waals surface area contributed by atoms with Crippen molar-refractivity contribution in [3.63, 3.8) is 0 Å². The first kappa shape index (κ1) is 16.3. The molecule has 0 radical (unpaired) electrons. The number of benzene rings is 1. The Morgan fingerprint density at radius 3 is 2.75 bits per heavy atom. The molecule has 3 N–H and O–H groups in total. The number of anilines is 1. The van der Waals surface area contributed by atoms with Gasteiger partial charge in [0, 0.05) is 5.69 Å². The quantitative estimate of drug-likeness (QED) is 0.667. The highest BCUT2D eigenvalue weighted by molar-refractivity contribution is 5.92. The minimum atomic E-state index is -4.46. The Balaban J connectivity index is 1.66. The number of hydrogen-bond donors (Lipinski definition) is 2. The van der Waals surface area contributed by atoms with Crippen molar-refractivity contribution in [2.24, 2.45) is 10.7 Å². The van der Waals surface area contributed by atoms with Gasteiger partial charge in [-0.15, -0.1) is 0 Å². The van der Waals surface area contributed by atoms with Crippen LogP contribution >= 0.6 is 0 Å². The summed E-state index contributed by atoms with van der Waals surface area (Å²) in [6, 6.07) is 9.75. The number of aliphatic imine (C=N–C) groups is 1. The number of fused-ring (bicyclic) bond motifs is 1. The molecule has 3 rings (SSSR count). The first-order valence-electron chi connectivity index (χ1n) is 7.64. The van der Waals surface area contributed by atoms with Crippen LogP contribution in [0.1, 0.15) is 28.9 Å². The molecule has 1 heterocycles. The van der Waals surface area contributed by atoms with Crippen LogP contribution in [0.4, 0.5) is 18.9 Å². The predicted octanol–water partition coefficient (Wildman–Crippen LogP) is 3.52. The van der Waals surface area contributed by atoms with E-state index in [0.29, 0.717) is 0 Å². The summed E-state index contributed by atoms with van der Waals surface area (Å²) in [5, 5.41) is 2.96. The van der Waals surface area contributed by atoms with E-state index >= 15 is 0 Å². The Kier molecular flexibility index (Phi) is 4.42. The fraction of sp³-hybridized carbons (Fsp3) is 0.294. The number of nitrogens with two attached hydrogens (primary N) is 1. The lowest BCUT2D eigenvalue weighted by atomic mass is 10.1. The number of nitrogens with one attached hydrogen (secondary N) is 1. The molecule has 0 bridgehead atoms. The summed E-state index contributed by atoms with van der Waals surface area (Å²) in [5.41, 5.74) is 8.57. The summed E-state index contributed by atoms with van der Waals surface area (Å²) in [6.07, 6.45) is -1.16. The summed E-state index contributed by atoms with van der Waals surface area (Å²) in [7, 11) is 0. The number of aryl methyl sites for hydroxylation is 2. The second kappa shape index (κ2) is 6.51. The van der Waals surface area contributed by atoms with Crippen LogP contribution in [-0.2, 0) is 25.6 Å². The third kappa shape index (κ3) is 3.84. The van der Waals surface area contributed by atoms with Crippen LogP contribution in [0.15, 0.2) is 41.4 Å². The van der Waals surface area contributed by atoms with Gasteiger partial charge in [-0.25, -0.2) is 9.98 Å². The summed E-state index contributed by atoms with van der Waals surface area (Å²) in [5.74, 6) is 0.146. The minimum absolute atomic E-state index is 0.0201. The molecule has 0 saturated heterocycles. The van der Waals surface area contributed by atoms with E-state index in [1.807, 2.05) is 12.1 Å². The van der Waals surface area contributed by atoms with Crippen LogP contribution < -0.4 is 11.1 Å². The Morgan fingerprint density at radius 2 is 1.96 bits per heavy atom. The van der Waals surface area contributed by atoms with E-state index in [0.717, 1.165) is 31.0 Å². The number of rotatable bonds is 3. The van der Waals surface area contributed by atoms with Gasteiger partial charge < -0.3 is 11.1 Å². The van der Waals surface area contributed by atoms with Gasteiger partial charge in [-0.1, -0.05) is 12.1 Å². The molecule has 1 aliphatic carbocycles. The number of hydrogen-bond acceptors (Lipinski definition) is 2. The normalized spacial score (nSPS) is 14.5. The molecule has 0 amide bonds. The van der Waals surface area contributed by atoms with Crippen molar-refractivity contribution in [1.29, 1.82) is 0 Å². The smallest absolute Gasteiger partial charge is 0.370 e. The van der Waals surface area contributed by atoms with Crippen LogP contribution in [0.25, 0.3) is 0 Å². The lowest BCUT2D eigenvalue weighted by Crippen LogP contribution is -2.22. The van der Waals surface area contributed by atoms with E-state index in [-0.39, 0.29) is 18.2 Å². The zero-order valence-electron chi connectivity index (χ0n) is 12.9. The van der Waals surface area contributed by atoms with Gasteiger partial charge in [0.05, 0.1) is 12.2 Å². The van der Waals surface area contributed by atoms with E-state index in [4.69, 9.17) is 5.73 Å². The van der Waals surface area contributed by atoms with E-state index in [1.54, 1.807) is 0 Å². The highest BCUT2D eigenvalue weighted by Crippen LogP contribution is 2.27. The Labute approximate surface area is 137 Å². The number of alkyl halides is 3. The molecule has 4 nitrogen and oxygen atoms in total. The molecule has 1 aliphatic rings. The summed E-state index contributed by atoms with van der Waals surface area (Å²) in [6.45, 7) is -0.0201. The average Bonchev–Trinajstić information content (AvgIpc) is 3.00. The minimum Gasteiger partial charge on any atom is -0.370 e. The Bertz CT molecular complexity index is 769. The molecule has 2 aromatic rings. The fourth-order valence-electron chi connectivity index (χ4n) is 2.73. The number of nitrogens with zero attached hydrogens (tertiary/aromatic N) is 2. The maximum absolute atomic E-state index is 12.6. The van der Waals surface area contributed by atoms with Crippen molar-refractivity contribution in [3.8, 4) is 0 Å². The molecular weight excluding hydrogens is 317 g/mol. The first-order valence-corrected chi connectivity index (χ1v) is 7.64. The molecular formula is C17H17F3N4. The predicted molar refractivity (Wildman–Crippen MR) is 86.7 cm³/mol. The van der Waals surface area contributed by atoms with Crippen LogP contribution in [0.3, 0.4) is 0 Å². The molecule has 1 aromatic carbocycles. The maximum Gasteiger partial charge on any atom is 0.433 e. The molecule has 7 heteroatoms. The van der Waals surface area contributed by atoms with Gasteiger partial charge in [0.25, 0.3) is 0 Å². The van der Waals surface area contributed by atoms with Crippen LogP contribution in [-0.4, -0.2) is 10.9 Å². The van der Waals surface area contributed by atoms with Gasteiger partial charge in [-0.3, -0.25) is 0 Å². The van der Waals surface area contributed by atoms with Gasteiger partial charge >= 0.3 is 6.18 Å². The highest BCUT2D eigenvalue weighted by atomic mass is 19.4. The van der Waals surface area contributed by atoms with Crippen molar-refractivity contribution in [2.45, 2.75) is 32.0 Å². The van der Waals surface area contributed by atoms with Crippen molar-refractivity contribution >= 4 is 11.6 Å². The molecule has 0 unspecified atom stereocenters. The molecule has 0 aliphatic heterocycles. The molecule has 1 aromatic heterocycles. The molecule has 0 spiro atoms. The molecule has 126 valence electrons. The van der Waals surface area contributed by atoms with E-state index in [9.17, 15) is 13.2 Å². The van der Waals surface area contributed by atoms with E-state index in [1.165, 1.54) is 23.3 Å². The second-order valence-electron chi connectivity index (χ2n) is 5.68. The number of pyridine rings is 1. The SMILES string of the molecule is NC(=NCc1cccc(C(F)(F)F)n1)Nc1ccc2c(c1)CCC2. The van der Waals surface area contributed by atoms with Gasteiger partial charge in [-0.05, 0) is 54.7 Å². The lowest BCUT2D eigenvalue weighted by molar-refractivity contribution is -0.141. The van der Waals surface area contributed by atoms with Crippen LogP contribution in [0.2, 0.25) is 0 Å². The van der Waals surface area contributed by atoms with Gasteiger partial charge in [0.1, 0.15) is 5.69 Å². The van der Waals surface area contributed by atoms with E-state index < -0.39 is 11.9 Å². The fourth-order valence-corrected chi connectivity index (χ4v) is 2.73. The Morgan fingerprint density at radius 1 is 1.17 bits per heavy atom. The number of halogens is 3. The van der Waals surface area contributed by atoms with Gasteiger partial charge in [0.15, 0.2) is 5.96 Å². The molecule has 24 heavy (non-hydrogen) atoms. The third-order valence-corrected chi connectivity index (χ3v) is 3.88. The van der Waals surface area contributed by atoms with Crippen molar-refractivity contribution in [3.05, 3.63) is 58.9 Å². The van der Waals surface area contributed by atoms with E-state index in [2.05, 4.69) is 21.4 Å². The second-order valence-corrected chi connectivity index (χ2v) is 5.68. The standard InChI is InChI=1S/C17H17F3N4/c18-17(19,20)15-6-2-5-14(23-15)10-22-16(21)24-13-8-7-11-3-1-4-12(11)9-13/h2,5-9H,1,3-4,10H2,(H3,21,22,24). The lowest BCUT2D eigenvalue weighted by Gasteiger charge is -2.09.